The molecule has 2 aromatic heterocycles. The van der Waals surface area contributed by atoms with E-state index >= 15 is 0 Å². The number of carbonyl (C=O) groups is 3. The minimum absolute atomic E-state index is 0.0615. The van der Waals surface area contributed by atoms with Crippen molar-refractivity contribution < 1.29 is 28.3 Å². The van der Waals surface area contributed by atoms with E-state index < -0.39 is 11.9 Å². The third-order valence-electron chi connectivity index (χ3n) is 4.25. The Balaban J connectivity index is 1.74. The lowest BCUT2D eigenvalue weighted by Gasteiger charge is -2.06. The molecule has 3 rings (SSSR count). The fraction of sp³-hybridized carbons (Fsp3) is 0.227. The van der Waals surface area contributed by atoms with E-state index in [9.17, 15) is 14.4 Å². The van der Waals surface area contributed by atoms with Crippen LogP contribution in [0.4, 0.5) is 5.00 Å². The minimum Gasteiger partial charge on any atom is -0.486 e. The standard InChI is InChI=1S/C22H20INO6S/c1-4-28-22(27)18-12(2)19(13(3)25)31-21(18)24-20(26)17-10-9-16(30-17)11-29-15-7-5-14(23)6-8-15/h5-10H,4,11H2,1-3H3,(H,24,26). The first-order valence-electron chi connectivity index (χ1n) is 9.40. The molecule has 9 heteroatoms. The summed E-state index contributed by atoms with van der Waals surface area (Å²) in [7, 11) is 0. The summed E-state index contributed by atoms with van der Waals surface area (Å²) in [5.74, 6) is -0.102. The van der Waals surface area contributed by atoms with Gasteiger partial charge in [0.2, 0.25) is 0 Å². The van der Waals surface area contributed by atoms with Crippen molar-refractivity contribution in [1.29, 1.82) is 0 Å². The number of hydrogen-bond acceptors (Lipinski definition) is 7. The van der Waals surface area contributed by atoms with E-state index in [1.54, 1.807) is 19.9 Å². The predicted molar refractivity (Wildman–Crippen MR) is 125 cm³/mol. The van der Waals surface area contributed by atoms with Crippen LogP contribution in [0.1, 0.15) is 55.8 Å². The number of halogens is 1. The quantitative estimate of drug-likeness (QED) is 0.226. The number of esters is 1. The SMILES string of the molecule is CCOC(=O)c1c(NC(=O)c2ccc(COc3ccc(I)cc3)o2)sc(C(C)=O)c1C. The third kappa shape index (κ3) is 5.53. The molecule has 1 aromatic carbocycles. The Labute approximate surface area is 196 Å². The van der Waals surface area contributed by atoms with Crippen molar-refractivity contribution in [3.05, 3.63) is 67.5 Å². The van der Waals surface area contributed by atoms with Crippen molar-refractivity contribution in [1.82, 2.24) is 0 Å². The fourth-order valence-corrected chi connectivity index (χ4v) is 4.26. The first-order valence-corrected chi connectivity index (χ1v) is 11.3. The number of amides is 1. The maximum atomic E-state index is 12.7. The lowest BCUT2D eigenvalue weighted by atomic mass is 10.1. The smallest absolute Gasteiger partial charge is 0.341 e. The van der Waals surface area contributed by atoms with E-state index in [0.29, 0.717) is 22.0 Å². The molecule has 0 aliphatic carbocycles. The molecule has 162 valence electrons. The number of ether oxygens (including phenoxy) is 2. The van der Waals surface area contributed by atoms with Gasteiger partial charge in [-0.05, 0) is 85.3 Å². The number of Topliss-reactive ketones (excluding diaryl/α,β-unsaturated/α-hetero) is 1. The number of nitrogens with one attached hydrogen (secondary N) is 1. The average Bonchev–Trinajstić information content (AvgIpc) is 3.32. The zero-order valence-corrected chi connectivity index (χ0v) is 20.1. The Morgan fingerprint density at radius 1 is 1.13 bits per heavy atom. The van der Waals surface area contributed by atoms with Gasteiger partial charge in [-0.1, -0.05) is 0 Å². The monoisotopic (exact) mass is 553 g/mol. The molecule has 0 spiro atoms. The van der Waals surface area contributed by atoms with Gasteiger partial charge in [0.25, 0.3) is 5.91 Å². The minimum atomic E-state index is -0.592. The van der Waals surface area contributed by atoms with Gasteiger partial charge in [0.1, 0.15) is 23.1 Å². The van der Waals surface area contributed by atoms with Crippen LogP contribution in [0.2, 0.25) is 0 Å². The number of furan rings is 1. The molecule has 2 heterocycles. The molecule has 1 amide bonds. The lowest BCUT2D eigenvalue weighted by Crippen LogP contribution is -2.14. The Hall–Kier alpha value is -2.66. The second kappa shape index (κ2) is 10.1. The molecule has 0 aliphatic heterocycles. The summed E-state index contributed by atoms with van der Waals surface area (Å²) in [5.41, 5.74) is 0.663. The highest BCUT2D eigenvalue weighted by Gasteiger charge is 2.26. The van der Waals surface area contributed by atoms with Crippen LogP contribution in [0.15, 0.2) is 40.8 Å². The summed E-state index contributed by atoms with van der Waals surface area (Å²) in [5, 5.41) is 2.92. The Morgan fingerprint density at radius 2 is 1.84 bits per heavy atom. The van der Waals surface area contributed by atoms with Gasteiger partial charge in [0, 0.05) is 3.57 Å². The van der Waals surface area contributed by atoms with Crippen LogP contribution in [0, 0.1) is 10.5 Å². The molecule has 0 fully saturated rings. The number of hydrogen-bond donors (Lipinski definition) is 1. The number of rotatable bonds is 8. The van der Waals surface area contributed by atoms with Gasteiger partial charge in [-0.2, -0.15) is 0 Å². The molecule has 0 unspecified atom stereocenters. The van der Waals surface area contributed by atoms with Crippen molar-refractivity contribution >= 4 is 56.6 Å². The topological polar surface area (TPSA) is 94.8 Å². The summed E-state index contributed by atoms with van der Waals surface area (Å²) in [6.45, 7) is 5.09. The Morgan fingerprint density at radius 3 is 2.48 bits per heavy atom. The molecule has 31 heavy (non-hydrogen) atoms. The van der Waals surface area contributed by atoms with E-state index in [0.717, 1.165) is 14.9 Å². The molecule has 3 aromatic rings. The number of carbonyl (C=O) groups excluding carboxylic acids is 3. The number of thiophene rings is 1. The second-order valence-electron chi connectivity index (χ2n) is 6.50. The predicted octanol–water partition coefficient (Wildman–Crippen LogP) is 5.46. The number of anilines is 1. The van der Waals surface area contributed by atoms with Gasteiger partial charge in [-0.25, -0.2) is 4.79 Å². The largest absolute Gasteiger partial charge is 0.486 e. The highest BCUT2D eigenvalue weighted by Crippen LogP contribution is 2.34. The van der Waals surface area contributed by atoms with Gasteiger partial charge in [0.15, 0.2) is 11.5 Å². The Bertz CT molecular complexity index is 1120. The van der Waals surface area contributed by atoms with Crippen molar-refractivity contribution in [2.75, 3.05) is 11.9 Å². The fourth-order valence-electron chi connectivity index (χ4n) is 2.81. The van der Waals surface area contributed by atoms with E-state index in [4.69, 9.17) is 13.9 Å². The van der Waals surface area contributed by atoms with E-state index in [-0.39, 0.29) is 35.3 Å². The summed E-state index contributed by atoms with van der Waals surface area (Å²) < 4.78 is 17.4. The number of ketones is 1. The van der Waals surface area contributed by atoms with Crippen LogP contribution in [0.3, 0.4) is 0 Å². The average molecular weight is 553 g/mol. The van der Waals surface area contributed by atoms with Crippen molar-refractivity contribution in [2.24, 2.45) is 0 Å². The maximum absolute atomic E-state index is 12.7. The second-order valence-corrected chi connectivity index (χ2v) is 8.77. The van der Waals surface area contributed by atoms with Crippen molar-refractivity contribution in [2.45, 2.75) is 27.4 Å². The molecule has 1 N–H and O–H groups in total. The molecule has 0 atom stereocenters. The first-order chi connectivity index (χ1) is 14.8. The molecular weight excluding hydrogens is 533 g/mol. The zero-order chi connectivity index (χ0) is 22.5. The van der Waals surface area contributed by atoms with Crippen molar-refractivity contribution in [3.8, 4) is 5.75 Å². The first kappa shape index (κ1) is 23.0. The van der Waals surface area contributed by atoms with Crippen LogP contribution in [-0.2, 0) is 11.3 Å². The van der Waals surface area contributed by atoms with Crippen LogP contribution in [-0.4, -0.2) is 24.3 Å². The molecule has 0 aliphatic rings. The molecule has 7 nitrogen and oxygen atoms in total. The summed E-state index contributed by atoms with van der Waals surface area (Å²) in [4.78, 5) is 37.3. The van der Waals surface area contributed by atoms with E-state index in [2.05, 4.69) is 27.9 Å². The molecule has 0 saturated carbocycles. The van der Waals surface area contributed by atoms with Gasteiger partial charge >= 0.3 is 5.97 Å². The number of benzene rings is 1. The third-order valence-corrected chi connectivity index (χ3v) is 6.28. The molecule has 0 radical (unpaired) electrons. The maximum Gasteiger partial charge on any atom is 0.341 e. The van der Waals surface area contributed by atoms with E-state index in [1.807, 2.05) is 24.3 Å². The van der Waals surface area contributed by atoms with Crippen molar-refractivity contribution in [3.63, 3.8) is 0 Å². The van der Waals surface area contributed by atoms with Crippen LogP contribution < -0.4 is 10.1 Å². The Kier molecular flexibility index (Phi) is 7.50. The zero-order valence-electron chi connectivity index (χ0n) is 17.1. The van der Waals surface area contributed by atoms with E-state index in [1.165, 1.54) is 13.0 Å². The van der Waals surface area contributed by atoms with Crippen LogP contribution in [0.25, 0.3) is 0 Å². The lowest BCUT2D eigenvalue weighted by molar-refractivity contribution is 0.0527. The van der Waals surface area contributed by atoms with Gasteiger partial charge in [-0.3, -0.25) is 9.59 Å². The summed E-state index contributed by atoms with van der Waals surface area (Å²) in [6.07, 6.45) is 0. The van der Waals surface area contributed by atoms with Gasteiger partial charge in [0.05, 0.1) is 17.0 Å². The molecular formula is C22H20INO6S. The van der Waals surface area contributed by atoms with Crippen LogP contribution in [0.5, 0.6) is 5.75 Å². The summed E-state index contributed by atoms with van der Waals surface area (Å²) in [6, 6.07) is 10.7. The molecule has 0 bridgehead atoms. The summed E-state index contributed by atoms with van der Waals surface area (Å²) >= 11 is 3.25. The highest BCUT2D eigenvalue weighted by atomic mass is 127. The van der Waals surface area contributed by atoms with Gasteiger partial charge < -0.3 is 19.2 Å². The van der Waals surface area contributed by atoms with Gasteiger partial charge in [-0.15, -0.1) is 11.3 Å². The normalized spacial score (nSPS) is 10.6. The highest BCUT2D eigenvalue weighted by molar-refractivity contribution is 14.1. The van der Waals surface area contributed by atoms with Crippen LogP contribution >= 0.6 is 33.9 Å². The molecule has 0 saturated heterocycles.